The van der Waals surface area contributed by atoms with Gasteiger partial charge >= 0.3 is 0 Å². The fourth-order valence-corrected chi connectivity index (χ4v) is 2.15. The Morgan fingerprint density at radius 3 is 2.60 bits per heavy atom. The zero-order valence-corrected chi connectivity index (χ0v) is 12.9. The monoisotopic (exact) mass is 345 g/mol. The number of hydrogen-bond donors (Lipinski definition) is 1. The van der Waals surface area contributed by atoms with E-state index in [0.29, 0.717) is 12.4 Å². The van der Waals surface area contributed by atoms with Crippen LogP contribution < -0.4 is 5.32 Å². The highest BCUT2D eigenvalue weighted by molar-refractivity contribution is 9.10. The first-order valence-corrected chi connectivity index (χ1v) is 6.74. The van der Waals surface area contributed by atoms with E-state index in [1.807, 2.05) is 20.8 Å². The molecule has 1 aromatic carbocycles. The van der Waals surface area contributed by atoms with Crippen molar-refractivity contribution >= 4 is 15.9 Å². The quantitative estimate of drug-likeness (QED) is 0.928. The van der Waals surface area contributed by atoms with Crippen molar-refractivity contribution in [3.8, 4) is 5.69 Å². The summed E-state index contributed by atoms with van der Waals surface area (Å²) in [5.74, 6) is -0.965. The summed E-state index contributed by atoms with van der Waals surface area (Å²) in [6, 6.07) is 1.96. The van der Waals surface area contributed by atoms with Gasteiger partial charge in [-0.05, 0) is 53.2 Å². The van der Waals surface area contributed by atoms with E-state index in [-0.39, 0.29) is 15.7 Å². The Kier molecular flexibility index (Phi) is 4.14. The second kappa shape index (κ2) is 5.53. The lowest BCUT2D eigenvalue weighted by molar-refractivity contribution is 0.414. The topological polar surface area (TPSA) is 55.6 Å². The number of benzene rings is 1. The number of nitrogens with one attached hydrogen (secondary N) is 1. The van der Waals surface area contributed by atoms with Crippen molar-refractivity contribution in [2.24, 2.45) is 0 Å². The van der Waals surface area contributed by atoms with Crippen LogP contribution >= 0.6 is 15.9 Å². The van der Waals surface area contributed by atoms with E-state index >= 15 is 0 Å². The van der Waals surface area contributed by atoms with E-state index < -0.39 is 11.6 Å². The molecule has 0 saturated carbocycles. The van der Waals surface area contributed by atoms with Crippen molar-refractivity contribution in [1.29, 1.82) is 0 Å². The van der Waals surface area contributed by atoms with E-state index in [1.165, 1.54) is 10.7 Å². The molecule has 0 unspecified atom stereocenters. The van der Waals surface area contributed by atoms with Crippen LogP contribution in [0.1, 0.15) is 26.6 Å². The molecule has 5 nitrogen and oxygen atoms in total. The molecule has 0 aliphatic carbocycles. The van der Waals surface area contributed by atoms with Crippen LogP contribution in [0.3, 0.4) is 0 Å². The molecule has 0 saturated heterocycles. The molecule has 1 aromatic heterocycles. The lowest BCUT2D eigenvalue weighted by atomic mass is 10.1. The molecule has 0 aliphatic heterocycles. The standard InChI is InChI=1S/C12H14BrF2N5/c1-12(2,3)16-6-10-17-18-19-20(10)11-8(13)4-7(14)5-9(11)15/h4-5,16H,6H2,1-3H3. The van der Waals surface area contributed by atoms with Crippen LogP contribution in [-0.2, 0) is 6.54 Å². The van der Waals surface area contributed by atoms with Crippen LogP contribution in [0.5, 0.6) is 0 Å². The Balaban J connectivity index is 2.38. The predicted octanol–water partition coefficient (Wildman–Crippen LogP) is 2.59. The van der Waals surface area contributed by atoms with E-state index in [2.05, 4.69) is 36.8 Å². The minimum absolute atomic E-state index is 0.0853. The van der Waals surface area contributed by atoms with Gasteiger partial charge in [0.2, 0.25) is 0 Å². The summed E-state index contributed by atoms with van der Waals surface area (Å²) in [7, 11) is 0. The van der Waals surface area contributed by atoms with E-state index in [1.54, 1.807) is 0 Å². The molecule has 0 bridgehead atoms. The van der Waals surface area contributed by atoms with Gasteiger partial charge < -0.3 is 5.32 Å². The highest BCUT2D eigenvalue weighted by Gasteiger charge is 2.18. The minimum Gasteiger partial charge on any atom is -0.305 e. The molecule has 0 aliphatic rings. The minimum atomic E-state index is -0.735. The maximum atomic E-state index is 13.9. The van der Waals surface area contributed by atoms with E-state index in [0.717, 1.165) is 6.07 Å². The molecule has 1 N–H and O–H groups in total. The summed E-state index contributed by atoms with van der Waals surface area (Å²) in [4.78, 5) is 0. The van der Waals surface area contributed by atoms with Crippen molar-refractivity contribution < 1.29 is 8.78 Å². The van der Waals surface area contributed by atoms with Gasteiger partial charge in [0.05, 0.1) is 6.54 Å². The van der Waals surface area contributed by atoms with Crippen molar-refractivity contribution in [3.63, 3.8) is 0 Å². The summed E-state index contributed by atoms with van der Waals surface area (Å²) in [6.45, 7) is 6.35. The molecular formula is C12H14BrF2N5. The molecule has 1 heterocycles. The van der Waals surface area contributed by atoms with Crippen molar-refractivity contribution in [1.82, 2.24) is 25.5 Å². The zero-order valence-electron chi connectivity index (χ0n) is 11.3. The molecule has 0 fully saturated rings. The summed E-state index contributed by atoms with van der Waals surface area (Å²) < 4.78 is 28.5. The molecule has 0 amide bonds. The molecule has 2 rings (SSSR count). The summed E-state index contributed by atoms with van der Waals surface area (Å²) in [6.07, 6.45) is 0. The van der Waals surface area contributed by atoms with Crippen molar-refractivity contribution in [2.45, 2.75) is 32.9 Å². The second-order valence-electron chi connectivity index (χ2n) is 5.33. The SMILES string of the molecule is CC(C)(C)NCc1nnnn1-c1c(F)cc(F)cc1Br. The molecule has 0 radical (unpaired) electrons. The van der Waals surface area contributed by atoms with Gasteiger partial charge in [-0.1, -0.05) is 0 Å². The Morgan fingerprint density at radius 2 is 2.00 bits per heavy atom. The number of aromatic nitrogens is 4. The highest BCUT2D eigenvalue weighted by atomic mass is 79.9. The van der Waals surface area contributed by atoms with Crippen LogP contribution in [0.15, 0.2) is 16.6 Å². The number of tetrazole rings is 1. The van der Waals surface area contributed by atoms with Gasteiger partial charge in [0.15, 0.2) is 11.6 Å². The van der Waals surface area contributed by atoms with Crippen LogP contribution in [0.2, 0.25) is 0 Å². The van der Waals surface area contributed by atoms with Crippen LogP contribution in [0.4, 0.5) is 8.78 Å². The highest BCUT2D eigenvalue weighted by Crippen LogP contribution is 2.25. The first-order chi connectivity index (χ1) is 9.28. The van der Waals surface area contributed by atoms with Crippen LogP contribution in [-0.4, -0.2) is 25.7 Å². The Morgan fingerprint density at radius 1 is 1.30 bits per heavy atom. The smallest absolute Gasteiger partial charge is 0.170 e. The van der Waals surface area contributed by atoms with Gasteiger partial charge in [-0.2, -0.15) is 4.68 Å². The van der Waals surface area contributed by atoms with Gasteiger partial charge in [-0.25, -0.2) is 8.78 Å². The third-order valence-corrected chi connectivity index (χ3v) is 3.11. The lowest BCUT2D eigenvalue weighted by Crippen LogP contribution is -2.36. The normalized spacial score (nSPS) is 11.9. The lowest BCUT2D eigenvalue weighted by Gasteiger charge is -2.20. The molecule has 20 heavy (non-hydrogen) atoms. The number of nitrogens with zero attached hydrogens (tertiary/aromatic N) is 4. The average molecular weight is 346 g/mol. The summed E-state index contributed by atoms with van der Waals surface area (Å²) >= 11 is 3.13. The average Bonchev–Trinajstić information content (AvgIpc) is 2.72. The van der Waals surface area contributed by atoms with Gasteiger partial charge in [0.1, 0.15) is 11.5 Å². The first-order valence-electron chi connectivity index (χ1n) is 5.95. The van der Waals surface area contributed by atoms with Crippen LogP contribution in [0, 0.1) is 11.6 Å². The molecule has 8 heteroatoms. The number of rotatable bonds is 3. The molecular weight excluding hydrogens is 332 g/mol. The third-order valence-electron chi connectivity index (χ3n) is 2.50. The fourth-order valence-electron chi connectivity index (χ4n) is 1.57. The molecule has 108 valence electrons. The maximum Gasteiger partial charge on any atom is 0.170 e. The van der Waals surface area contributed by atoms with Gasteiger partial charge in [-0.3, -0.25) is 0 Å². The van der Waals surface area contributed by atoms with Crippen LogP contribution in [0.25, 0.3) is 5.69 Å². The Labute approximate surface area is 123 Å². The summed E-state index contributed by atoms with van der Waals surface area (Å²) in [5.41, 5.74) is -0.0443. The molecule has 0 atom stereocenters. The summed E-state index contributed by atoms with van der Waals surface area (Å²) in [5, 5.41) is 14.4. The largest absolute Gasteiger partial charge is 0.305 e. The van der Waals surface area contributed by atoms with Gasteiger partial charge in [-0.15, -0.1) is 5.10 Å². The third kappa shape index (κ3) is 3.37. The number of hydrogen-bond acceptors (Lipinski definition) is 4. The van der Waals surface area contributed by atoms with Gasteiger partial charge in [0.25, 0.3) is 0 Å². The van der Waals surface area contributed by atoms with E-state index in [4.69, 9.17) is 0 Å². The molecule has 0 spiro atoms. The molecule has 2 aromatic rings. The van der Waals surface area contributed by atoms with Gasteiger partial charge in [0, 0.05) is 16.1 Å². The van der Waals surface area contributed by atoms with E-state index in [9.17, 15) is 8.78 Å². The van der Waals surface area contributed by atoms with Crippen molar-refractivity contribution in [3.05, 3.63) is 34.1 Å². The predicted molar refractivity (Wildman–Crippen MR) is 73.4 cm³/mol. The Hall–Kier alpha value is -1.41. The second-order valence-corrected chi connectivity index (χ2v) is 6.18. The Bertz CT molecular complexity index is 598. The van der Waals surface area contributed by atoms with Crippen molar-refractivity contribution in [2.75, 3.05) is 0 Å². The fraction of sp³-hybridized carbons (Fsp3) is 0.417. The number of halogens is 3. The zero-order chi connectivity index (χ0) is 14.9. The maximum absolute atomic E-state index is 13.9. The first kappa shape index (κ1) is 15.0.